The van der Waals surface area contributed by atoms with Crippen molar-refractivity contribution in [3.8, 4) is 11.1 Å². The summed E-state index contributed by atoms with van der Waals surface area (Å²) in [4.78, 5) is 12.3. The summed E-state index contributed by atoms with van der Waals surface area (Å²) in [5.74, 6) is -0.898. The van der Waals surface area contributed by atoms with Gasteiger partial charge in [-0.05, 0) is 42.2 Å². The first-order valence-electron chi connectivity index (χ1n) is 8.64. The lowest BCUT2D eigenvalue weighted by Gasteiger charge is -2.15. The van der Waals surface area contributed by atoms with Crippen LogP contribution in [0.2, 0.25) is 0 Å². The summed E-state index contributed by atoms with van der Waals surface area (Å²) in [5.41, 5.74) is 6.56. The Kier molecular flexibility index (Phi) is 3.73. The van der Waals surface area contributed by atoms with Gasteiger partial charge in [-0.25, -0.2) is 4.79 Å². The summed E-state index contributed by atoms with van der Waals surface area (Å²) < 4.78 is 2.08. The van der Waals surface area contributed by atoms with E-state index in [1.165, 1.54) is 0 Å². The Morgan fingerprint density at radius 3 is 2.15 bits per heavy atom. The van der Waals surface area contributed by atoms with Gasteiger partial charge in [0.05, 0.1) is 16.3 Å². The minimum absolute atomic E-state index is 0.368. The number of carboxylic acids is 1. The molecule has 0 unspecified atom stereocenters. The third kappa shape index (κ3) is 2.28. The maximum atomic E-state index is 12.3. The highest BCUT2D eigenvalue weighted by atomic mass is 16.4. The summed E-state index contributed by atoms with van der Waals surface area (Å²) in [6.45, 7) is 4.14. The first kappa shape index (κ1) is 16.3. The zero-order chi connectivity index (χ0) is 18.4. The molecule has 0 amide bonds. The lowest BCUT2D eigenvalue weighted by atomic mass is 9.90. The number of hydrogen-bond acceptors (Lipinski definition) is 1. The average Bonchev–Trinajstić information content (AvgIpc) is 2.62. The summed E-state index contributed by atoms with van der Waals surface area (Å²) in [6, 6.07) is 19.9. The topological polar surface area (TPSA) is 41.2 Å². The van der Waals surface area contributed by atoms with Gasteiger partial charge >= 0.3 is 5.97 Å². The van der Waals surface area contributed by atoms with Gasteiger partial charge in [-0.2, -0.15) is 4.57 Å². The second-order valence-corrected chi connectivity index (χ2v) is 6.72. The smallest absolute Gasteiger partial charge is 0.337 e. The SMILES string of the molecule is Cc1cccc(C)c1-c1cccc2c1c(C(=O)O)c1ccccc1[n+]2C. The second-order valence-electron chi connectivity index (χ2n) is 6.72. The van der Waals surface area contributed by atoms with Gasteiger partial charge in [0, 0.05) is 12.1 Å². The highest BCUT2D eigenvalue weighted by Crippen LogP contribution is 2.36. The van der Waals surface area contributed by atoms with Crippen molar-refractivity contribution in [1.29, 1.82) is 0 Å². The van der Waals surface area contributed by atoms with Gasteiger partial charge in [-0.3, -0.25) is 0 Å². The fraction of sp³-hybridized carbons (Fsp3) is 0.130. The van der Waals surface area contributed by atoms with E-state index in [1.54, 1.807) is 0 Å². The fourth-order valence-electron chi connectivity index (χ4n) is 3.99. The molecule has 128 valence electrons. The van der Waals surface area contributed by atoms with Crippen LogP contribution in [0.5, 0.6) is 0 Å². The first-order valence-corrected chi connectivity index (χ1v) is 8.64. The van der Waals surface area contributed by atoms with Gasteiger partial charge in [0.15, 0.2) is 0 Å². The van der Waals surface area contributed by atoms with Gasteiger partial charge in [-0.1, -0.05) is 42.5 Å². The predicted octanol–water partition coefficient (Wildman–Crippen LogP) is 4.80. The molecule has 0 radical (unpaired) electrons. The maximum Gasteiger partial charge on any atom is 0.337 e. The van der Waals surface area contributed by atoms with E-state index in [0.717, 1.165) is 44.1 Å². The van der Waals surface area contributed by atoms with E-state index in [9.17, 15) is 9.90 Å². The molecular weight excluding hydrogens is 322 g/mol. The number of aromatic carboxylic acids is 1. The van der Waals surface area contributed by atoms with Crippen molar-refractivity contribution in [2.75, 3.05) is 0 Å². The molecule has 0 bridgehead atoms. The largest absolute Gasteiger partial charge is 0.478 e. The summed E-state index contributed by atoms with van der Waals surface area (Å²) in [5, 5.41) is 11.6. The Bertz CT molecular complexity index is 1170. The van der Waals surface area contributed by atoms with Crippen molar-refractivity contribution in [2.45, 2.75) is 13.8 Å². The van der Waals surface area contributed by atoms with Crippen molar-refractivity contribution in [1.82, 2.24) is 0 Å². The van der Waals surface area contributed by atoms with Gasteiger partial charge in [0.1, 0.15) is 7.05 Å². The van der Waals surface area contributed by atoms with Gasteiger partial charge in [0.25, 0.3) is 0 Å². The van der Waals surface area contributed by atoms with Crippen LogP contribution >= 0.6 is 0 Å². The van der Waals surface area contributed by atoms with Crippen molar-refractivity contribution in [3.63, 3.8) is 0 Å². The van der Waals surface area contributed by atoms with Gasteiger partial charge in [-0.15, -0.1) is 0 Å². The Morgan fingerprint density at radius 1 is 0.846 bits per heavy atom. The zero-order valence-corrected chi connectivity index (χ0v) is 15.1. The number of carbonyl (C=O) groups is 1. The molecule has 3 nitrogen and oxygen atoms in total. The number of para-hydroxylation sites is 1. The number of rotatable bonds is 2. The van der Waals surface area contributed by atoms with E-state index in [2.05, 4.69) is 30.5 Å². The number of aryl methyl sites for hydroxylation is 3. The van der Waals surface area contributed by atoms with Crippen LogP contribution in [0.4, 0.5) is 0 Å². The molecule has 0 fully saturated rings. The van der Waals surface area contributed by atoms with E-state index >= 15 is 0 Å². The summed E-state index contributed by atoms with van der Waals surface area (Å²) in [7, 11) is 1.99. The van der Waals surface area contributed by atoms with E-state index in [1.807, 2.05) is 55.6 Å². The van der Waals surface area contributed by atoms with Crippen LogP contribution in [0.25, 0.3) is 32.9 Å². The molecule has 0 aliphatic carbocycles. The molecule has 0 saturated carbocycles. The second kappa shape index (κ2) is 5.95. The molecule has 0 aliphatic rings. The summed E-state index contributed by atoms with van der Waals surface area (Å²) >= 11 is 0. The molecule has 4 aromatic rings. The van der Waals surface area contributed by atoms with Crippen LogP contribution in [0.15, 0.2) is 60.7 Å². The predicted molar refractivity (Wildman–Crippen MR) is 104 cm³/mol. The lowest BCUT2D eigenvalue weighted by Crippen LogP contribution is -2.31. The number of fused-ring (bicyclic) bond motifs is 2. The summed E-state index contributed by atoms with van der Waals surface area (Å²) in [6.07, 6.45) is 0. The Hall–Kier alpha value is -3.20. The van der Waals surface area contributed by atoms with Crippen molar-refractivity contribution in [2.24, 2.45) is 7.05 Å². The Morgan fingerprint density at radius 2 is 1.46 bits per heavy atom. The highest BCUT2D eigenvalue weighted by molar-refractivity contribution is 6.16. The van der Waals surface area contributed by atoms with Crippen molar-refractivity contribution >= 4 is 27.8 Å². The number of pyridine rings is 1. The van der Waals surface area contributed by atoms with Crippen LogP contribution in [-0.4, -0.2) is 11.1 Å². The minimum atomic E-state index is -0.898. The van der Waals surface area contributed by atoms with E-state index in [4.69, 9.17) is 0 Å². The average molecular weight is 342 g/mol. The molecule has 26 heavy (non-hydrogen) atoms. The Labute approximate surface area is 152 Å². The number of benzene rings is 3. The zero-order valence-electron chi connectivity index (χ0n) is 15.1. The van der Waals surface area contributed by atoms with E-state index in [0.29, 0.717) is 5.56 Å². The minimum Gasteiger partial charge on any atom is -0.478 e. The van der Waals surface area contributed by atoms with Crippen molar-refractivity contribution < 1.29 is 14.5 Å². The first-order chi connectivity index (χ1) is 12.5. The molecule has 0 saturated heterocycles. The molecule has 0 atom stereocenters. The number of hydrogen-bond donors (Lipinski definition) is 1. The third-order valence-electron chi connectivity index (χ3n) is 5.15. The van der Waals surface area contributed by atoms with Crippen LogP contribution in [0, 0.1) is 13.8 Å². The molecule has 0 aliphatic heterocycles. The van der Waals surface area contributed by atoms with Gasteiger partial charge in [0.2, 0.25) is 11.0 Å². The van der Waals surface area contributed by atoms with Crippen LogP contribution in [0.3, 0.4) is 0 Å². The molecule has 1 aromatic heterocycles. The molecule has 4 rings (SSSR count). The lowest BCUT2D eigenvalue weighted by molar-refractivity contribution is -0.617. The molecule has 0 spiro atoms. The van der Waals surface area contributed by atoms with Crippen LogP contribution < -0.4 is 4.57 Å². The quantitative estimate of drug-likeness (QED) is 0.420. The van der Waals surface area contributed by atoms with Crippen LogP contribution in [0.1, 0.15) is 21.5 Å². The number of aromatic nitrogens is 1. The van der Waals surface area contributed by atoms with Crippen molar-refractivity contribution in [3.05, 3.63) is 77.4 Å². The van der Waals surface area contributed by atoms with E-state index < -0.39 is 5.97 Å². The Balaban J connectivity index is 2.30. The number of nitrogens with zero attached hydrogens (tertiary/aromatic N) is 1. The highest BCUT2D eigenvalue weighted by Gasteiger charge is 2.25. The number of carboxylic acid groups (broad SMARTS) is 1. The van der Waals surface area contributed by atoms with E-state index in [-0.39, 0.29) is 0 Å². The molecule has 1 heterocycles. The molecular formula is C23H20NO2+. The van der Waals surface area contributed by atoms with Crippen LogP contribution in [-0.2, 0) is 7.05 Å². The third-order valence-corrected chi connectivity index (χ3v) is 5.15. The molecule has 3 heteroatoms. The fourth-order valence-corrected chi connectivity index (χ4v) is 3.99. The monoisotopic (exact) mass is 342 g/mol. The molecule has 3 aromatic carbocycles. The normalized spacial score (nSPS) is 11.2. The maximum absolute atomic E-state index is 12.3. The van der Waals surface area contributed by atoms with Gasteiger partial charge < -0.3 is 5.11 Å². The molecule has 1 N–H and O–H groups in total. The standard InChI is InChI=1S/C23H19NO2/c1-14-8-6-9-15(2)20(14)17-11-7-13-19-21(17)22(23(25)26)16-10-4-5-12-18(16)24(19)3/h4-13H,1-3H3/p+1.